The molecule has 4 rings (SSSR count). The Labute approximate surface area is 152 Å². The summed E-state index contributed by atoms with van der Waals surface area (Å²) in [7, 11) is 0. The molecule has 3 aromatic rings. The molecule has 132 valence electrons. The molecule has 1 amide bonds. The van der Waals surface area contributed by atoms with Gasteiger partial charge in [-0.1, -0.05) is 48.5 Å². The number of carbonyl (C=O) groups excluding carboxylic acids is 1. The minimum absolute atomic E-state index is 0.0744. The third-order valence-corrected chi connectivity index (χ3v) is 4.90. The fourth-order valence-electron chi connectivity index (χ4n) is 3.43. The number of nitrogens with zero attached hydrogens (tertiary/aromatic N) is 3. The number of rotatable bonds is 4. The maximum absolute atomic E-state index is 12.6. The number of hydrogen-bond acceptors (Lipinski definition) is 4. The lowest BCUT2D eigenvalue weighted by Gasteiger charge is -2.31. The number of benzene rings is 2. The molecule has 0 N–H and O–H groups in total. The summed E-state index contributed by atoms with van der Waals surface area (Å²) in [5.41, 5.74) is 2.18. The van der Waals surface area contributed by atoms with Gasteiger partial charge >= 0.3 is 11.8 Å². The Hall–Kier alpha value is -2.95. The third kappa shape index (κ3) is 3.67. The van der Waals surface area contributed by atoms with Crippen molar-refractivity contribution in [2.45, 2.75) is 19.3 Å². The Bertz CT molecular complexity index is 853. The number of carbonyl (C=O) groups is 1. The van der Waals surface area contributed by atoms with E-state index in [0.29, 0.717) is 11.8 Å². The van der Waals surface area contributed by atoms with E-state index in [1.165, 1.54) is 5.56 Å². The summed E-state index contributed by atoms with van der Waals surface area (Å²) in [5, 5.41) is 7.96. The van der Waals surface area contributed by atoms with Crippen molar-refractivity contribution in [1.29, 1.82) is 0 Å². The minimum atomic E-state index is -0.169. The lowest BCUT2D eigenvalue weighted by atomic mass is 9.90. The predicted molar refractivity (Wildman–Crippen MR) is 98.5 cm³/mol. The molecule has 0 saturated carbocycles. The Morgan fingerprint density at radius 3 is 2.31 bits per heavy atom. The summed E-state index contributed by atoms with van der Waals surface area (Å²) in [5.74, 6) is 0.903. The van der Waals surface area contributed by atoms with Gasteiger partial charge in [0.25, 0.3) is 0 Å². The van der Waals surface area contributed by atoms with Crippen molar-refractivity contribution in [3.05, 3.63) is 72.1 Å². The molecule has 1 aromatic heterocycles. The Morgan fingerprint density at radius 2 is 1.62 bits per heavy atom. The van der Waals surface area contributed by atoms with Gasteiger partial charge in [-0.25, -0.2) is 0 Å². The van der Waals surface area contributed by atoms with Gasteiger partial charge in [-0.05, 0) is 42.9 Å². The van der Waals surface area contributed by atoms with Crippen LogP contribution in [0, 0.1) is 5.92 Å². The maximum Gasteiger partial charge on any atom is 0.311 e. The van der Waals surface area contributed by atoms with E-state index in [0.717, 1.165) is 37.9 Å². The van der Waals surface area contributed by atoms with Gasteiger partial charge < -0.3 is 9.32 Å². The van der Waals surface area contributed by atoms with Crippen molar-refractivity contribution in [3.63, 3.8) is 0 Å². The zero-order valence-electron chi connectivity index (χ0n) is 14.5. The average molecular weight is 347 g/mol. The molecule has 0 aliphatic carbocycles. The monoisotopic (exact) mass is 347 g/mol. The quantitative estimate of drug-likeness (QED) is 0.720. The highest BCUT2D eigenvalue weighted by Gasteiger charge is 2.27. The summed E-state index contributed by atoms with van der Waals surface area (Å²) in [4.78, 5) is 14.5. The van der Waals surface area contributed by atoms with Gasteiger partial charge in [-0.2, -0.15) is 0 Å². The number of hydrogen-bond donors (Lipinski definition) is 0. The van der Waals surface area contributed by atoms with Crippen LogP contribution >= 0.6 is 0 Å². The van der Waals surface area contributed by atoms with E-state index in [9.17, 15) is 4.79 Å². The smallest absolute Gasteiger partial charge is 0.311 e. The summed E-state index contributed by atoms with van der Waals surface area (Å²) in [6.07, 6.45) is 3.07. The largest absolute Gasteiger partial charge is 0.412 e. The second-order valence-corrected chi connectivity index (χ2v) is 6.70. The lowest BCUT2D eigenvalue weighted by Crippen LogP contribution is -2.39. The molecule has 26 heavy (non-hydrogen) atoms. The van der Waals surface area contributed by atoms with Crippen LogP contribution in [0.5, 0.6) is 0 Å². The van der Waals surface area contributed by atoms with Gasteiger partial charge in [0.2, 0.25) is 5.89 Å². The summed E-state index contributed by atoms with van der Waals surface area (Å²) in [6.45, 7) is 1.47. The van der Waals surface area contributed by atoms with E-state index in [2.05, 4.69) is 34.5 Å². The lowest BCUT2D eigenvalue weighted by molar-refractivity contribution is 0.0651. The van der Waals surface area contributed by atoms with Gasteiger partial charge in [0.1, 0.15) is 0 Å². The molecule has 2 heterocycles. The fourth-order valence-corrected chi connectivity index (χ4v) is 3.43. The first kappa shape index (κ1) is 16.5. The third-order valence-electron chi connectivity index (χ3n) is 4.90. The molecule has 0 atom stereocenters. The highest BCUT2D eigenvalue weighted by atomic mass is 16.4. The van der Waals surface area contributed by atoms with Crippen LogP contribution in [-0.2, 0) is 6.42 Å². The molecular formula is C21H21N3O2. The zero-order valence-corrected chi connectivity index (χ0v) is 14.5. The first-order valence-corrected chi connectivity index (χ1v) is 9.02. The molecule has 0 unspecified atom stereocenters. The second kappa shape index (κ2) is 7.52. The number of piperidine rings is 1. The van der Waals surface area contributed by atoms with E-state index < -0.39 is 0 Å². The van der Waals surface area contributed by atoms with Crippen LogP contribution in [0.1, 0.15) is 29.1 Å². The van der Waals surface area contributed by atoms with E-state index in [1.54, 1.807) is 0 Å². The van der Waals surface area contributed by atoms with Gasteiger partial charge in [-0.15, -0.1) is 10.2 Å². The SMILES string of the molecule is O=C(c1nnc(-c2ccccc2)o1)N1CCC(Cc2ccccc2)CC1. The second-order valence-electron chi connectivity index (χ2n) is 6.70. The van der Waals surface area contributed by atoms with E-state index >= 15 is 0 Å². The number of aromatic nitrogens is 2. The van der Waals surface area contributed by atoms with Crippen molar-refractivity contribution >= 4 is 5.91 Å². The van der Waals surface area contributed by atoms with Crippen molar-refractivity contribution in [1.82, 2.24) is 15.1 Å². The Kier molecular flexibility index (Phi) is 4.78. The molecular weight excluding hydrogens is 326 g/mol. The van der Waals surface area contributed by atoms with Crippen LogP contribution < -0.4 is 0 Å². The van der Waals surface area contributed by atoms with Gasteiger partial charge in [0.15, 0.2) is 0 Å². The topological polar surface area (TPSA) is 59.2 Å². The van der Waals surface area contributed by atoms with Crippen molar-refractivity contribution < 1.29 is 9.21 Å². The number of likely N-dealkylation sites (tertiary alicyclic amines) is 1. The van der Waals surface area contributed by atoms with E-state index in [4.69, 9.17) is 4.42 Å². The molecule has 5 nitrogen and oxygen atoms in total. The van der Waals surface area contributed by atoms with Crippen molar-refractivity contribution in [2.75, 3.05) is 13.1 Å². The Balaban J connectivity index is 1.36. The first-order chi connectivity index (χ1) is 12.8. The molecule has 5 heteroatoms. The summed E-state index contributed by atoms with van der Waals surface area (Å²) >= 11 is 0. The molecule has 0 spiro atoms. The van der Waals surface area contributed by atoms with Gasteiger partial charge in [0, 0.05) is 18.7 Å². The van der Waals surface area contributed by atoms with Crippen LogP contribution in [0.2, 0.25) is 0 Å². The molecule has 0 bridgehead atoms. The standard InChI is InChI=1S/C21H21N3O2/c25-21(20-23-22-19(26-20)18-9-5-2-6-10-18)24-13-11-17(12-14-24)15-16-7-3-1-4-8-16/h1-10,17H,11-15H2. The van der Waals surface area contributed by atoms with Gasteiger partial charge in [0.05, 0.1) is 0 Å². The minimum Gasteiger partial charge on any atom is -0.412 e. The van der Waals surface area contributed by atoms with Crippen LogP contribution in [0.25, 0.3) is 11.5 Å². The molecule has 1 aliphatic heterocycles. The van der Waals surface area contributed by atoms with Crippen molar-refractivity contribution in [2.24, 2.45) is 5.92 Å². The van der Waals surface area contributed by atoms with Crippen molar-refractivity contribution in [3.8, 4) is 11.5 Å². The molecule has 1 fully saturated rings. The van der Waals surface area contributed by atoms with Crippen LogP contribution in [0.15, 0.2) is 65.1 Å². The van der Waals surface area contributed by atoms with Crippen LogP contribution in [0.3, 0.4) is 0 Å². The molecule has 1 saturated heterocycles. The molecule has 2 aromatic carbocycles. The Morgan fingerprint density at radius 1 is 0.962 bits per heavy atom. The maximum atomic E-state index is 12.6. The van der Waals surface area contributed by atoms with E-state index in [-0.39, 0.29) is 11.8 Å². The summed E-state index contributed by atoms with van der Waals surface area (Å²) in [6, 6.07) is 20.0. The normalized spacial score (nSPS) is 15.2. The zero-order chi connectivity index (χ0) is 17.8. The first-order valence-electron chi connectivity index (χ1n) is 9.02. The van der Waals surface area contributed by atoms with Gasteiger partial charge in [-0.3, -0.25) is 4.79 Å². The fraction of sp³-hybridized carbons (Fsp3) is 0.286. The summed E-state index contributed by atoms with van der Waals surface area (Å²) < 4.78 is 5.59. The van der Waals surface area contributed by atoms with Crippen LogP contribution in [-0.4, -0.2) is 34.1 Å². The van der Waals surface area contributed by atoms with E-state index in [1.807, 2.05) is 41.3 Å². The average Bonchev–Trinajstić information content (AvgIpc) is 3.20. The molecule has 0 radical (unpaired) electrons. The molecule has 1 aliphatic rings. The number of amides is 1. The predicted octanol–water partition coefficient (Wildman–Crippen LogP) is 3.83. The van der Waals surface area contributed by atoms with Crippen LogP contribution in [0.4, 0.5) is 0 Å². The highest BCUT2D eigenvalue weighted by molar-refractivity contribution is 5.89. The highest BCUT2D eigenvalue weighted by Crippen LogP contribution is 2.23.